The number of nitrogens with zero attached hydrogens (tertiary/aromatic N) is 2. The highest BCUT2D eigenvalue weighted by Crippen LogP contribution is 2.32. The van der Waals surface area contributed by atoms with Crippen LogP contribution in [-0.4, -0.2) is 24.2 Å². The Hall–Kier alpha value is -1.50. The van der Waals surface area contributed by atoms with Gasteiger partial charge in [-0.3, -0.25) is 0 Å². The van der Waals surface area contributed by atoms with Gasteiger partial charge in [-0.15, -0.1) is 0 Å². The number of halogens is 1. The van der Waals surface area contributed by atoms with E-state index in [9.17, 15) is 9.50 Å². The Morgan fingerprint density at radius 2 is 2.16 bits per heavy atom. The summed E-state index contributed by atoms with van der Waals surface area (Å²) in [6.07, 6.45) is 0. The van der Waals surface area contributed by atoms with Crippen molar-refractivity contribution in [3.05, 3.63) is 40.7 Å². The van der Waals surface area contributed by atoms with Crippen LogP contribution in [0.15, 0.2) is 24.3 Å². The van der Waals surface area contributed by atoms with Crippen LogP contribution in [0.1, 0.15) is 10.6 Å². The molecular formula is C13H15FN2O2S. The van der Waals surface area contributed by atoms with Crippen molar-refractivity contribution in [2.45, 2.75) is 13.2 Å². The third-order valence-corrected chi connectivity index (χ3v) is 3.85. The zero-order chi connectivity index (χ0) is 13.8. The standard InChI is InChI=1S/C13H15FN2O2S/c1-16(11-6-4-3-5-9(11)14)13-15-10(8-18-2)12(7-17)19-13/h3-6,17H,7-8H2,1-2H3. The van der Waals surface area contributed by atoms with E-state index in [4.69, 9.17) is 4.74 Å². The molecule has 19 heavy (non-hydrogen) atoms. The molecule has 1 N–H and O–H groups in total. The minimum absolute atomic E-state index is 0.0958. The van der Waals surface area contributed by atoms with Crippen LogP contribution in [0.3, 0.4) is 0 Å². The fourth-order valence-electron chi connectivity index (χ4n) is 1.71. The van der Waals surface area contributed by atoms with Crippen molar-refractivity contribution in [2.24, 2.45) is 0 Å². The van der Waals surface area contributed by atoms with Gasteiger partial charge in [-0.25, -0.2) is 9.37 Å². The molecule has 6 heteroatoms. The third kappa shape index (κ3) is 2.91. The van der Waals surface area contributed by atoms with Gasteiger partial charge < -0.3 is 14.7 Å². The number of hydrogen-bond acceptors (Lipinski definition) is 5. The number of aromatic nitrogens is 1. The van der Waals surface area contributed by atoms with Crippen LogP contribution in [-0.2, 0) is 18.0 Å². The van der Waals surface area contributed by atoms with E-state index in [0.29, 0.717) is 23.1 Å². The number of para-hydroxylation sites is 1. The van der Waals surface area contributed by atoms with E-state index < -0.39 is 0 Å². The van der Waals surface area contributed by atoms with Gasteiger partial charge in [-0.1, -0.05) is 23.5 Å². The summed E-state index contributed by atoms with van der Waals surface area (Å²) < 4.78 is 18.8. The Balaban J connectivity index is 2.34. The van der Waals surface area contributed by atoms with Crippen LogP contribution in [0.5, 0.6) is 0 Å². The normalized spacial score (nSPS) is 10.7. The summed E-state index contributed by atoms with van der Waals surface area (Å²) in [6.45, 7) is 0.235. The molecule has 4 nitrogen and oxygen atoms in total. The Bertz CT molecular complexity index is 559. The van der Waals surface area contributed by atoms with E-state index in [2.05, 4.69) is 4.98 Å². The average Bonchev–Trinajstić information content (AvgIpc) is 2.82. The molecule has 0 aliphatic carbocycles. The Kier molecular flexibility index (Phi) is 4.47. The molecule has 0 amide bonds. The predicted molar refractivity (Wildman–Crippen MR) is 73.2 cm³/mol. The highest BCUT2D eigenvalue weighted by Gasteiger charge is 2.16. The molecule has 0 saturated carbocycles. The maximum atomic E-state index is 13.7. The highest BCUT2D eigenvalue weighted by atomic mass is 32.1. The average molecular weight is 282 g/mol. The maximum Gasteiger partial charge on any atom is 0.190 e. The van der Waals surface area contributed by atoms with Crippen LogP contribution in [0.2, 0.25) is 0 Å². The molecule has 0 atom stereocenters. The van der Waals surface area contributed by atoms with Crippen LogP contribution in [0.25, 0.3) is 0 Å². The lowest BCUT2D eigenvalue weighted by Crippen LogP contribution is -2.10. The molecule has 1 aromatic heterocycles. The topological polar surface area (TPSA) is 45.6 Å². The summed E-state index contributed by atoms with van der Waals surface area (Å²) >= 11 is 1.33. The van der Waals surface area contributed by atoms with Gasteiger partial charge in [0.05, 0.1) is 29.5 Å². The van der Waals surface area contributed by atoms with Crippen molar-refractivity contribution in [3.8, 4) is 0 Å². The Labute approximate surface area is 115 Å². The van der Waals surface area contributed by atoms with Gasteiger partial charge in [0.2, 0.25) is 0 Å². The largest absolute Gasteiger partial charge is 0.391 e. The molecular weight excluding hydrogens is 267 g/mol. The first-order valence-corrected chi connectivity index (χ1v) is 6.55. The minimum Gasteiger partial charge on any atom is -0.391 e. The quantitative estimate of drug-likeness (QED) is 0.916. The van der Waals surface area contributed by atoms with Crippen molar-refractivity contribution in [3.63, 3.8) is 0 Å². The molecule has 1 heterocycles. The molecule has 0 spiro atoms. The lowest BCUT2D eigenvalue weighted by molar-refractivity contribution is 0.179. The number of rotatable bonds is 5. The first-order chi connectivity index (χ1) is 9.17. The van der Waals surface area contributed by atoms with Crippen molar-refractivity contribution >= 4 is 22.2 Å². The number of aliphatic hydroxyl groups excluding tert-OH is 1. The number of anilines is 2. The van der Waals surface area contributed by atoms with E-state index in [-0.39, 0.29) is 12.4 Å². The number of methoxy groups -OCH3 is 1. The SMILES string of the molecule is COCc1nc(N(C)c2ccccc2F)sc1CO. The number of aliphatic hydroxyl groups is 1. The number of thiazole rings is 1. The number of hydrogen-bond donors (Lipinski definition) is 1. The molecule has 2 rings (SSSR count). The van der Waals surface area contributed by atoms with E-state index in [1.807, 2.05) is 0 Å². The van der Waals surface area contributed by atoms with Crippen molar-refractivity contribution in [1.82, 2.24) is 4.98 Å². The summed E-state index contributed by atoms with van der Waals surface area (Å²) in [4.78, 5) is 6.78. The minimum atomic E-state index is -0.306. The maximum absolute atomic E-state index is 13.7. The van der Waals surface area contributed by atoms with Gasteiger partial charge in [0.25, 0.3) is 0 Å². The fourth-order valence-corrected chi connectivity index (χ4v) is 2.61. The molecule has 0 aliphatic heterocycles. The molecule has 102 valence electrons. The molecule has 0 saturated heterocycles. The second-order valence-electron chi connectivity index (χ2n) is 3.97. The van der Waals surface area contributed by atoms with Crippen LogP contribution in [0.4, 0.5) is 15.2 Å². The second kappa shape index (κ2) is 6.10. The molecule has 0 fully saturated rings. The fraction of sp³-hybridized carbons (Fsp3) is 0.308. The Morgan fingerprint density at radius 1 is 1.42 bits per heavy atom. The Morgan fingerprint density at radius 3 is 2.79 bits per heavy atom. The molecule has 2 aromatic rings. The molecule has 1 aromatic carbocycles. The van der Waals surface area contributed by atoms with Crippen molar-refractivity contribution < 1.29 is 14.2 Å². The van der Waals surface area contributed by atoms with Gasteiger partial charge in [0, 0.05) is 14.2 Å². The monoisotopic (exact) mass is 282 g/mol. The van der Waals surface area contributed by atoms with E-state index >= 15 is 0 Å². The number of ether oxygens (including phenoxy) is 1. The van der Waals surface area contributed by atoms with Crippen LogP contribution in [0, 0.1) is 5.82 Å². The molecule has 0 bridgehead atoms. The summed E-state index contributed by atoms with van der Waals surface area (Å²) in [5, 5.41) is 9.91. The van der Waals surface area contributed by atoms with Crippen molar-refractivity contribution in [2.75, 3.05) is 19.1 Å². The van der Waals surface area contributed by atoms with Gasteiger partial charge in [0.1, 0.15) is 5.82 Å². The highest BCUT2D eigenvalue weighted by molar-refractivity contribution is 7.15. The van der Waals surface area contributed by atoms with Crippen LogP contribution >= 0.6 is 11.3 Å². The van der Waals surface area contributed by atoms with E-state index in [1.165, 1.54) is 17.4 Å². The first kappa shape index (κ1) is 13.9. The van der Waals surface area contributed by atoms with Gasteiger partial charge in [0.15, 0.2) is 5.13 Å². The smallest absolute Gasteiger partial charge is 0.190 e. The first-order valence-electron chi connectivity index (χ1n) is 5.74. The molecule has 0 aliphatic rings. The molecule has 0 radical (unpaired) electrons. The van der Waals surface area contributed by atoms with E-state index in [1.54, 1.807) is 37.3 Å². The lowest BCUT2D eigenvalue weighted by Gasteiger charge is -2.16. The van der Waals surface area contributed by atoms with Gasteiger partial charge in [-0.2, -0.15) is 0 Å². The summed E-state index contributed by atoms with van der Waals surface area (Å²) in [5.74, 6) is -0.306. The summed E-state index contributed by atoms with van der Waals surface area (Å²) in [7, 11) is 3.32. The lowest BCUT2D eigenvalue weighted by atomic mass is 10.3. The second-order valence-corrected chi connectivity index (χ2v) is 5.03. The van der Waals surface area contributed by atoms with Crippen molar-refractivity contribution in [1.29, 1.82) is 0 Å². The van der Waals surface area contributed by atoms with Gasteiger partial charge in [-0.05, 0) is 12.1 Å². The zero-order valence-corrected chi connectivity index (χ0v) is 11.6. The molecule has 0 unspecified atom stereocenters. The predicted octanol–water partition coefficient (Wildman–Crippen LogP) is 2.69. The summed E-state index contributed by atoms with van der Waals surface area (Å²) in [6, 6.07) is 6.50. The van der Waals surface area contributed by atoms with E-state index in [0.717, 1.165) is 4.88 Å². The zero-order valence-electron chi connectivity index (χ0n) is 10.8. The third-order valence-electron chi connectivity index (χ3n) is 2.69. The van der Waals surface area contributed by atoms with Crippen LogP contribution < -0.4 is 4.90 Å². The number of benzene rings is 1. The summed E-state index contributed by atoms with van der Waals surface area (Å²) in [5.41, 5.74) is 1.14. The van der Waals surface area contributed by atoms with Gasteiger partial charge >= 0.3 is 0 Å².